The van der Waals surface area contributed by atoms with Gasteiger partial charge in [0, 0.05) is 13.7 Å². The summed E-state index contributed by atoms with van der Waals surface area (Å²) in [6.07, 6.45) is 4.51. The highest BCUT2D eigenvalue weighted by molar-refractivity contribution is 5.89. The fourth-order valence-electron chi connectivity index (χ4n) is 2.55. The average molecular weight is 342 g/mol. The van der Waals surface area contributed by atoms with Crippen molar-refractivity contribution in [2.75, 3.05) is 27.4 Å². The van der Waals surface area contributed by atoms with Gasteiger partial charge < -0.3 is 14.2 Å². The third kappa shape index (κ3) is 6.24. The topological polar surface area (TPSA) is 44.8 Å². The number of hydrogen-bond acceptors (Lipinski definition) is 4. The van der Waals surface area contributed by atoms with Crippen molar-refractivity contribution in [1.82, 2.24) is 0 Å². The van der Waals surface area contributed by atoms with Gasteiger partial charge in [0.15, 0.2) is 0 Å². The highest BCUT2D eigenvalue weighted by Crippen LogP contribution is 2.23. The van der Waals surface area contributed by atoms with Gasteiger partial charge in [-0.3, -0.25) is 0 Å². The summed E-state index contributed by atoms with van der Waals surface area (Å²) in [5, 5.41) is 0. The monoisotopic (exact) mass is 342 g/mol. The predicted molar refractivity (Wildman–Crippen MR) is 99.1 cm³/mol. The van der Waals surface area contributed by atoms with Crippen molar-refractivity contribution in [1.29, 1.82) is 0 Å². The molecule has 134 valence electrons. The van der Waals surface area contributed by atoms with Crippen LogP contribution in [0.5, 0.6) is 5.75 Å². The van der Waals surface area contributed by atoms with E-state index in [0.717, 1.165) is 49.4 Å². The Morgan fingerprint density at radius 3 is 1.88 bits per heavy atom. The van der Waals surface area contributed by atoms with Crippen LogP contribution in [0.15, 0.2) is 48.5 Å². The summed E-state index contributed by atoms with van der Waals surface area (Å²) in [6.45, 7) is 1.57. The number of benzene rings is 2. The van der Waals surface area contributed by atoms with Crippen LogP contribution in [0.1, 0.15) is 36.0 Å². The lowest BCUT2D eigenvalue weighted by Gasteiger charge is -2.08. The van der Waals surface area contributed by atoms with Gasteiger partial charge >= 0.3 is 5.97 Å². The van der Waals surface area contributed by atoms with E-state index < -0.39 is 0 Å². The van der Waals surface area contributed by atoms with Gasteiger partial charge in [-0.25, -0.2) is 4.79 Å². The maximum Gasteiger partial charge on any atom is 0.337 e. The molecule has 0 aliphatic carbocycles. The number of methoxy groups -OCH3 is 2. The first-order valence-corrected chi connectivity index (χ1v) is 8.65. The summed E-state index contributed by atoms with van der Waals surface area (Å²) < 4.78 is 15.5. The summed E-state index contributed by atoms with van der Waals surface area (Å²) in [6, 6.07) is 15.4. The number of unbranched alkanes of at least 4 members (excludes halogenated alkanes) is 3. The molecule has 0 bridgehead atoms. The molecular formula is C21H26O4. The lowest BCUT2D eigenvalue weighted by Crippen LogP contribution is -2.00. The minimum atomic E-state index is -0.322. The second kappa shape index (κ2) is 10.5. The molecule has 0 heterocycles. The quantitative estimate of drug-likeness (QED) is 0.463. The fourth-order valence-corrected chi connectivity index (χ4v) is 2.55. The molecule has 2 aromatic carbocycles. The summed E-state index contributed by atoms with van der Waals surface area (Å²) >= 11 is 0. The molecule has 0 aliphatic heterocycles. The SMILES string of the molecule is COCCCCCCOc1ccc(-c2ccc(C(=O)OC)cc2)cc1. The van der Waals surface area contributed by atoms with Crippen molar-refractivity contribution in [3.05, 3.63) is 54.1 Å². The van der Waals surface area contributed by atoms with Gasteiger partial charge in [-0.05, 0) is 54.7 Å². The van der Waals surface area contributed by atoms with E-state index in [2.05, 4.69) is 0 Å². The highest BCUT2D eigenvalue weighted by atomic mass is 16.5. The van der Waals surface area contributed by atoms with Gasteiger partial charge in [0.2, 0.25) is 0 Å². The van der Waals surface area contributed by atoms with Crippen LogP contribution in [0.4, 0.5) is 0 Å². The molecule has 0 unspecified atom stereocenters. The summed E-state index contributed by atoms with van der Waals surface area (Å²) in [5.74, 6) is 0.560. The maximum atomic E-state index is 11.5. The van der Waals surface area contributed by atoms with Gasteiger partial charge in [-0.15, -0.1) is 0 Å². The first kappa shape index (κ1) is 19.0. The lowest BCUT2D eigenvalue weighted by molar-refractivity contribution is 0.0601. The molecule has 0 N–H and O–H groups in total. The van der Waals surface area contributed by atoms with Crippen LogP contribution in [-0.4, -0.2) is 33.4 Å². The van der Waals surface area contributed by atoms with Crippen LogP contribution in [0.2, 0.25) is 0 Å². The van der Waals surface area contributed by atoms with Crippen molar-refractivity contribution < 1.29 is 19.0 Å². The Morgan fingerprint density at radius 2 is 1.32 bits per heavy atom. The predicted octanol–water partition coefficient (Wildman–Crippen LogP) is 4.73. The van der Waals surface area contributed by atoms with E-state index in [1.165, 1.54) is 13.5 Å². The molecule has 0 aliphatic rings. The molecule has 2 rings (SSSR count). The Labute approximate surface area is 149 Å². The van der Waals surface area contributed by atoms with Gasteiger partial charge in [0.25, 0.3) is 0 Å². The molecule has 0 amide bonds. The number of hydrogen-bond donors (Lipinski definition) is 0. The lowest BCUT2D eigenvalue weighted by atomic mass is 10.0. The summed E-state index contributed by atoms with van der Waals surface area (Å²) in [7, 11) is 3.12. The van der Waals surface area contributed by atoms with Gasteiger partial charge in [0.05, 0.1) is 19.3 Å². The van der Waals surface area contributed by atoms with Crippen molar-refractivity contribution in [3.63, 3.8) is 0 Å². The van der Waals surface area contributed by atoms with Crippen molar-refractivity contribution in [3.8, 4) is 16.9 Å². The van der Waals surface area contributed by atoms with E-state index in [-0.39, 0.29) is 5.97 Å². The molecular weight excluding hydrogens is 316 g/mol. The van der Waals surface area contributed by atoms with Gasteiger partial charge in [-0.1, -0.05) is 30.7 Å². The zero-order chi connectivity index (χ0) is 17.9. The molecule has 0 saturated heterocycles. The van der Waals surface area contributed by atoms with Crippen molar-refractivity contribution in [2.45, 2.75) is 25.7 Å². The molecule has 0 fully saturated rings. The van der Waals surface area contributed by atoms with Crippen LogP contribution in [0.3, 0.4) is 0 Å². The normalized spacial score (nSPS) is 10.5. The summed E-state index contributed by atoms with van der Waals surface area (Å²) in [5.41, 5.74) is 2.69. The molecule has 2 aromatic rings. The minimum absolute atomic E-state index is 0.322. The van der Waals surface area contributed by atoms with E-state index in [4.69, 9.17) is 14.2 Å². The second-order valence-electron chi connectivity index (χ2n) is 5.85. The Balaban J connectivity index is 1.80. The van der Waals surface area contributed by atoms with E-state index in [1.807, 2.05) is 36.4 Å². The largest absolute Gasteiger partial charge is 0.494 e. The smallest absolute Gasteiger partial charge is 0.337 e. The van der Waals surface area contributed by atoms with Gasteiger partial charge in [0.1, 0.15) is 5.75 Å². The Kier molecular flexibility index (Phi) is 7.99. The molecule has 4 heteroatoms. The van der Waals surface area contributed by atoms with E-state index in [0.29, 0.717) is 5.56 Å². The Morgan fingerprint density at radius 1 is 0.760 bits per heavy atom. The molecule has 0 aromatic heterocycles. The maximum absolute atomic E-state index is 11.5. The number of ether oxygens (including phenoxy) is 3. The number of rotatable bonds is 10. The van der Waals surface area contributed by atoms with Crippen LogP contribution in [0, 0.1) is 0 Å². The average Bonchev–Trinajstić information content (AvgIpc) is 2.67. The Hall–Kier alpha value is -2.33. The number of carbonyl (C=O) groups is 1. The minimum Gasteiger partial charge on any atom is -0.494 e. The molecule has 0 spiro atoms. The zero-order valence-electron chi connectivity index (χ0n) is 15.0. The summed E-state index contributed by atoms with van der Waals surface area (Å²) in [4.78, 5) is 11.5. The molecule has 25 heavy (non-hydrogen) atoms. The highest BCUT2D eigenvalue weighted by Gasteiger charge is 2.05. The van der Waals surface area contributed by atoms with Gasteiger partial charge in [-0.2, -0.15) is 0 Å². The third-order valence-electron chi connectivity index (χ3n) is 4.01. The number of esters is 1. The molecule has 4 nitrogen and oxygen atoms in total. The second-order valence-corrected chi connectivity index (χ2v) is 5.85. The zero-order valence-corrected chi connectivity index (χ0v) is 15.0. The van der Waals surface area contributed by atoms with E-state index in [1.54, 1.807) is 19.2 Å². The van der Waals surface area contributed by atoms with E-state index >= 15 is 0 Å². The third-order valence-corrected chi connectivity index (χ3v) is 4.01. The van der Waals surface area contributed by atoms with E-state index in [9.17, 15) is 4.79 Å². The van der Waals surface area contributed by atoms with Crippen LogP contribution in [0.25, 0.3) is 11.1 Å². The van der Waals surface area contributed by atoms with Crippen molar-refractivity contribution in [2.24, 2.45) is 0 Å². The standard InChI is InChI=1S/C21H26O4/c1-23-15-5-3-4-6-16-25-20-13-11-18(12-14-20)17-7-9-19(10-8-17)21(22)24-2/h7-14H,3-6,15-16H2,1-2H3. The Bertz CT molecular complexity index is 632. The molecule has 0 atom stereocenters. The number of carbonyl (C=O) groups excluding carboxylic acids is 1. The molecule has 0 saturated carbocycles. The van der Waals surface area contributed by atoms with Crippen LogP contribution < -0.4 is 4.74 Å². The first-order chi connectivity index (χ1) is 12.2. The van der Waals surface area contributed by atoms with Crippen LogP contribution >= 0.6 is 0 Å². The van der Waals surface area contributed by atoms with Crippen LogP contribution in [-0.2, 0) is 9.47 Å². The first-order valence-electron chi connectivity index (χ1n) is 8.65. The fraction of sp³-hybridized carbons (Fsp3) is 0.381. The van der Waals surface area contributed by atoms with Crippen molar-refractivity contribution >= 4 is 5.97 Å². The molecule has 0 radical (unpaired) electrons.